The fourth-order valence-corrected chi connectivity index (χ4v) is 1.72. The van der Waals surface area contributed by atoms with Crippen LogP contribution in [0.3, 0.4) is 0 Å². The maximum atomic E-state index is 11.0. The Bertz CT molecular complexity index is 400. The SMILES string of the molecule is NC(=O)c1ccc(N2CCCCO2)c(N)c1. The zero-order valence-electron chi connectivity index (χ0n) is 8.98. The minimum atomic E-state index is -0.474. The van der Waals surface area contributed by atoms with E-state index in [-0.39, 0.29) is 0 Å². The second kappa shape index (κ2) is 4.40. The number of hydrogen-bond donors (Lipinski definition) is 2. The number of carbonyl (C=O) groups is 1. The van der Waals surface area contributed by atoms with Gasteiger partial charge in [-0.1, -0.05) is 0 Å². The summed E-state index contributed by atoms with van der Waals surface area (Å²) in [4.78, 5) is 16.4. The van der Waals surface area contributed by atoms with Crippen LogP contribution in [0.4, 0.5) is 11.4 Å². The summed E-state index contributed by atoms with van der Waals surface area (Å²) in [6.07, 6.45) is 2.15. The molecule has 1 heterocycles. The molecule has 0 aromatic heterocycles. The van der Waals surface area contributed by atoms with Gasteiger partial charge < -0.3 is 11.5 Å². The monoisotopic (exact) mass is 221 g/mol. The first kappa shape index (κ1) is 10.8. The largest absolute Gasteiger partial charge is 0.397 e. The molecule has 16 heavy (non-hydrogen) atoms. The highest BCUT2D eigenvalue weighted by molar-refractivity contribution is 5.94. The van der Waals surface area contributed by atoms with Gasteiger partial charge in [0.05, 0.1) is 18.0 Å². The summed E-state index contributed by atoms with van der Waals surface area (Å²) in [5, 5.41) is 1.77. The van der Waals surface area contributed by atoms with Crippen LogP contribution >= 0.6 is 0 Å². The number of anilines is 2. The lowest BCUT2D eigenvalue weighted by molar-refractivity contribution is 0.0781. The summed E-state index contributed by atoms with van der Waals surface area (Å²) < 4.78 is 0. The van der Waals surface area contributed by atoms with Crippen molar-refractivity contribution < 1.29 is 9.63 Å². The van der Waals surface area contributed by atoms with Crippen molar-refractivity contribution in [3.63, 3.8) is 0 Å². The van der Waals surface area contributed by atoms with Crippen LogP contribution in [-0.2, 0) is 4.84 Å². The molecule has 86 valence electrons. The van der Waals surface area contributed by atoms with Crippen LogP contribution in [-0.4, -0.2) is 19.1 Å². The van der Waals surface area contributed by atoms with Crippen LogP contribution in [0.15, 0.2) is 18.2 Å². The summed E-state index contributed by atoms with van der Waals surface area (Å²) >= 11 is 0. The molecule has 0 radical (unpaired) electrons. The molecule has 1 aromatic rings. The standard InChI is InChI=1S/C11H15N3O2/c12-9-7-8(11(13)15)3-4-10(9)14-5-1-2-6-16-14/h3-4,7H,1-2,5-6,12H2,(H2,13,15). The molecular formula is C11H15N3O2. The molecule has 2 rings (SSSR count). The lowest BCUT2D eigenvalue weighted by Gasteiger charge is -2.28. The molecule has 4 N–H and O–H groups in total. The van der Waals surface area contributed by atoms with E-state index in [9.17, 15) is 4.79 Å². The first-order chi connectivity index (χ1) is 7.68. The molecule has 0 bridgehead atoms. The molecule has 0 saturated carbocycles. The van der Waals surface area contributed by atoms with Gasteiger partial charge in [0.2, 0.25) is 5.91 Å². The van der Waals surface area contributed by atoms with Crippen LogP contribution in [0.5, 0.6) is 0 Å². The van der Waals surface area contributed by atoms with Crippen molar-refractivity contribution in [3.05, 3.63) is 23.8 Å². The van der Waals surface area contributed by atoms with Crippen molar-refractivity contribution in [1.82, 2.24) is 0 Å². The fourth-order valence-electron chi connectivity index (χ4n) is 1.72. The fraction of sp³-hybridized carbons (Fsp3) is 0.364. The zero-order chi connectivity index (χ0) is 11.5. The van der Waals surface area contributed by atoms with E-state index in [4.69, 9.17) is 16.3 Å². The average Bonchev–Trinajstić information content (AvgIpc) is 2.30. The minimum Gasteiger partial charge on any atom is -0.397 e. The molecule has 5 heteroatoms. The van der Waals surface area contributed by atoms with Gasteiger partial charge in [0, 0.05) is 12.1 Å². The first-order valence-electron chi connectivity index (χ1n) is 5.28. The number of nitrogen functional groups attached to an aromatic ring is 1. The highest BCUT2D eigenvalue weighted by Crippen LogP contribution is 2.26. The summed E-state index contributed by atoms with van der Waals surface area (Å²) in [7, 11) is 0. The predicted octanol–water partition coefficient (Wildman–Crippen LogP) is 0.899. The van der Waals surface area contributed by atoms with Crippen molar-refractivity contribution in [2.75, 3.05) is 23.9 Å². The maximum absolute atomic E-state index is 11.0. The number of amides is 1. The van der Waals surface area contributed by atoms with Crippen molar-refractivity contribution in [1.29, 1.82) is 0 Å². The van der Waals surface area contributed by atoms with Gasteiger partial charge in [-0.2, -0.15) is 0 Å². The van der Waals surface area contributed by atoms with Crippen LogP contribution in [0.25, 0.3) is 0 Å². The maximum Gasteiger partial charge on any atom is 0.248 e. The molecule has 0 unspecified atom stereocenters. The van der Waals surface area contributed by atoms with E-state index < -0.39 is 5.91 Å². The van der Waals surface area contributed by atoms with Crippen LogP contribution < -0.4 is 16.5 Å². The lowest BCUT2D eigenvalue weighted by atomic mass is 10.1. The molecule has 1 aliphatic rings. The van der Waals surface area contributed by atoms with Crippen LogP contribution in [0.1, 0.15) is 23.2 Å². The van der Waals surface area contributed by atoms with E-state index in [0.29, 0.717) is 17.9 Å². The highest BCUT2D eigenvalue weighted by Gasteiger charge is 2.15. The van der Waals surface area contributed by atoms with Gasteiger partial charge in [-0.25, -0.2) is 0 Å². The van der Waals surface area contributed by atoms with Gasteiger partial charge in [-0.05, 0) is 31.0 Å². The second-order valence-electron chi connectivity index (χ2n) is 3.78. The van der Waals surface area contributed by atoms with E-state index >= 15 is 0 Å². The number of rotatable bonds is 2. The third-order valence-electron chi connectivity index (χ3n) is 2.58. The normalized spacial score (nSPS) is 16.1. The third kappa shape index (κ3) is 2.09. The molecule has 0 atom stereocenters. The molecule has 0 aliphatic carbocycles. The van der Waals surface area contributed by atoms with Crippen LogP contribution in [0, 0.1) is 0 Å². The summed E-state index contributed by atoms with van der Waals surface area (Å²) in [5.74, 6) is -0.474. The van der Waals surface area contributed by atoms with E-state index in [1.54, 1.807) is 23.3 Å². The number of hydroxylamine groups is 1. The Hall–Kier alpha value is -1.75. The number of benzene rings is 1. The van der Waals surface area contributed by atoms with E-state index in [0.717, 1.165) is 25.1 Å². The van der Waals surface area contributed by atoms with E-state index in [2.05, 4.69) is 0 Å². The summed E-state index contributed by atoms with van der Waals surface area (Å²) in [6, 6.07) is 5.00. The van der Waals surface area contributed by atoms with Crippen molar-refractivity contribution in [2.24, 2.45) is 5.73 Å². The van der Waals surface area contributed by atoms with E-state index in [1.165, 1.54) is 0 Å². The first-order valence-corrected chi connectivity index (χ1v) is 5.28. The van der Waals surface area contributed by atoms with Crippen molar-refractivity contribution >= 4 is 17.3 Å². The third-order valence-corrected chi connectivity index (χ3v) is 2.58. The molecule has 1 saturated heterocycles. The Kier molecular flexibility index (Phi) is 2.96. The minimum absolute atomic E-state index is 0.415. The molecule has 1 aromatic carbocycles. The topological polar surface area (TPSA) is 81.6 Å². The molecule has 1 fully saturated rings. The smallest absolute Gasteiger partial charge is 0.248 e. The number of nitrogens with two attached hydrogens (primary N) is 2. The number of primary amides is 1. The van der Waals surface area contributed by atoms with Crippen molar-refractivity contribution in [2.45, 2.75) is 12.8 Å². The Morgan fingerprint density at radius 3 is 2.75 bits per heavy atom. The Morgan fingerprint density at radius 1 is 1.38 bits per heavy atom. The van der Waals surface area contributed by atoms with Crippen molar-refractivity contribution in [3.8, 4) is 0 Å². The van der Waals surface area contributed by atoms with Gasteiger partial charge in [0.1, 0.15) is 0 Å². The number of hydrogen-bond acceptors (Lipinski definition) is 4. The quantitative estimate of drug-likeness (QED) is 0.727. The second-order valence-corrected chi connectivity index (χ2v) is 3.78. The number of nitrogens with zero attached hydrogens (tertiary/aromatic N) is 1. The zero-order valence-corrected chi connectivity index (χ0v) is 8.98. The van der Waals surface area contributed by atoms with Gasteiger partial charge in [-0.15, -0.1) is 0 Å². The lowest BCUT2D eigenvalue weighted by Crippen LogP contribution is -2.30. The van der Waals surface area contributed by atoms with Crippen LogP contribution in [0.2, 0.25) is 0 Å². The van der Waals surface area contributed by atoms with Gasteiger partial charge in [0.25, 0.3) is 0 Å². The van der Waals surface area contributed by atoms with E-state index in [1.807, 2.05) is 0 Å². The van der Waals surface area contributed by atoms with Gasteiger partial charge >= 0.3 is 0 Å². The average molecular weight is 221 g/mol. The molecule has 0 spiro atoms. The van der Waals surface area contributed by atoms with Gasteiger partial charge in [0.15, 0.2) is 0 Å². The molecule has 1 amide bonds. The summed E-state index contributed by atoms with van der Waals surface area (Å²) in [5.41, 5.74) is 12.8. The summed E-state index contributed by atoms with van der Waals surface area (Å²) in [6.45, 7) is 1.52. The number of carbonyl (C=O) groups excluding carboxylic acids is 1. The van der Waals surface area contributed by atoms with Gasteiger partial charge in [-0.3, -0.25) is 14.7 Å². The Balaban J connectivity index is 2.24. The molecule has 5 nitrogen and oxygen atoms in total. The highest BCUT2D eigenvalue weighted by atomic mass is 16.7. The molecule has 1 aliphatic heterocycles. The Morgan fingerprint density at radius 2 is 2.19 bits per heavy atom. The Labute approximate surface area is 93.9 Å². The predicted molar refractivity (Wildman–Crippen MR) is 61.9 cm³/mol. The molecular weight excluding hydrogens is 206 g/mol.